The summed E-state index contributed by atoms with van der Waals surface area (Å²) in [5.74, 6) is 0.396. The van der Waals surface area contributed by atoms with E-state index < -0.39 is 5.97 Å². The second-order valence-electron chi connectivity index (χ2n) is 6.34. The Labute approximate surface area is 130 Å². The molecule has 2 aliphatic heterocycles. The number of urea groups is 1. The second kappa shape index (κ2) is 7.38. The van der Waals surface area contributed by atoms with Gasteiger partial charge in [-0.15, -0.1) is 0 Å². The van der Waals surface area contributed by atoms with Crippen LogP contribution in [0.2, 0.25) is 0 Å². The number of aliphatic carboxylic acids is 1. The molecule has 0 bridgehead atoms. The molecule has 2 fully saturated rings. The molecule has 0 saturated carbocycles. The van der Waals surface area contributed by atoms with Crippen LogP contribution >= 0.6 is 11.8 Å². The van der Waals surface area contributed by atoms with E-state index in [1.807, 2.05) is 16.7 Å². The Balaban J connectivity index is 1.84. The van der Waals surface area contributed by atoms with Gasteiger partial charge in [-0.2, -0.15) is 11.8 Å². The van der Waals surface area contributed by atoms with Gasteiger partial charge in [0.2, 0.25) is 0 Å². The van der Waals surface area contributed by atoms with Gasteiger partial charge in [-0.3, -0.25) is 4.79 Å². The molecule has 2 heterocycles. The zero-order chi connectivity index (χ0) is 15.3. The van der Waals surface area contributed by atoms with Crippen LogP contribution in [-0.4, -0.2) is 51.6 Å². The summed E-state index contributed by atoms with van der Waals surface area (Å²) in [4.78, 5) is 25.0. The number of carbonyl (C=O) groups excluding carboxylic acids is 1. The van der Waals surface area contributed by atoms with Crippen molar-refractivity contribution in [2.24, 2.45) is 0 Å². The lowest BCUT2D eigenvalue weighted by molar-refractivity contribution is -0.137. The molecule has 2 unspecified atom stereocenters. The van der Waals surface area contributed by atoms with Crippen molar-refractivity contribution in [3.63, 3.8) is 0 Å². The molecule has 0 spiro atoms. The summed E-state index contributed by atoms with van der Waals surface area (Å²) in [7, 11) is 0. The topological polar surface area (TPSA) is 69.6 Å². The smallest absolute Gasteiger partial charge is 0.317 e. The number of carboxylic acids is 1. The van der Waals surface area contributed by atoms with Crippen LogP contribution in [0.15, 0.2) is 0 Å². The van der Waals surface area contributed by atoms with E-state index in [-0.39, 0.29) is 23.2 Å². The van der Waals surface area contributed by atoms with Crippen LogP contribution in [0.1, 0.15) is 51.9 Å². The van der Waals surface area contributed by atoms with Gasteiger partial charge in [-0.1, -0.05) is 0 Å². The average molecular weight is 314 g/mol. The molecule has 2 N–H and O–H groups in total. The number of thioether (sulfide) groups is 1. The maximum atomic E-state index is 12.4. The summed E-state index contributed by atoms with van der Waals surface area (Å²) < 4.78 is 0.169. The summed E-state index contributed by atoms with van der Waals surface area (Å²) >= 11 is 1.94. The number of likely N-dealkylation sites (tertiary alicyclic amines) is 1. The number of rotatable bonds is 5. The Morgan fingerprint density at radius 2 is 2.19 bits per heavy atom. The number of nitrogens with zero attached hydrogens (tertiary/aromatic N) is 1. The first-order valence-corrected chi connectivity index (χ1v) is 8.89. The lowest BCUT2D eigenvalue weighted by Gasteiger charge is -2.36. The minimum Gasteiger partial charge on any atom is -0.481 e. The van der Waals surface area contributed by atoms with Gasteiger partial charge in [0.05, 0.1) is 0 Å². The van der Waals surface area contributed by atoms with Crippen molar-refractivity contribution >= 4 is 23.8 Å². The first kappa shape index (κ1) is 16.5. The van der Waals surface area contributed by atoms with Crippen LogP contribution < -0.4 is 5.32 Å². The molecule has 5 nitrogen and oxygen atoms in total. The fourth-order valence-corrected chi connectivity index (χ4v) is 4.44. The number of amides is 2. The van der Waals surface area contributed by atoms with E-state index in [1.165, 1.54) is 12.2 Å². The Kier molecular flexibility index (Phi) is 5.79. The van der Waals surface area contributed by atoms with Crippen LogP contribution in [0.5, 0.6) is 0 Å². The third-order valence-electron chi connectivity index (χ3n) is 4.49. The summed E-state index contributed by atoms with van der Waals surface area (Å²) in [6.45, 7) is 3.67. The molecule has 6 heteroatoms. The minimum atomic E-state index is -0.782. The van der Waals surface area contributed by atoms with Crippen LogP contribution in [0.25, 0.3) is 0 Å². The van der Waals surface area contributed by atoms with Crippen molar-refractivity contribution in [1.29, 1.82) is 0 Å². The molecule has 120 valence electrons. The SMILES string of the molecule is CC1(CNC(=O)N2CCCCC2CCC(=O)O)CCCS1. The molecular weight excluding hydrogens is 288 g/mol. The Bertz CT molecular complexity index is 383. The number of carbonyl (C=O) groups is 2. The molecule has 0 aromatic carbocycles. The molecule has 2 amide bonds. The maximum absolute atomic E-state index is 12.4. The van der Waals surface area contributed by atoms with E-state index >= 15 is 0 Å². The zero-order valence-corrected chi connectivity index (χ0v) is 13.6. The molecule has 0 aromatic rings. The van der Waals surface area contributed by atoms with Crippen LogP contribution in [0.3, 0.4) is 0 Å². The van der Waals surface area contributed by atoms with Crippen LogP contribution in [0, 0.1) is 0 Å². The minimum absolute atomic E-state index is 0.0150. The highest BCUT2D eigenvalue weighted by atomic mass is 32.2. The van der Waals surface area contributed by atoms with Crippen molar-refractivity contribution in [2.45, 2.75) is 62.7 Å². The van der Waals surface area contributed by atoms with Gasteiger partial charge in [0.1, 0.15) is 0 Å². The number of hydrogen-bond donors (Lipinski definition) is 2. The third kappa shape index (κ3) is 4.80. The van der Waals surface area contributed by atoms with E-state index in [0.717, 1.165) is 32.2 Å². The number of piperidine rings is 1. The maximum Gasteiger partial charge on any atom is 0.317 e. The molecule has 2 aliphatic rings. The van der Waals surface area contributed by atoms with Crippen molar-refractivity contribution in [1.82, 2.24) is 10.2 Å². The predicted molar refractivity (Wildman–Crippen MR) is 84.7 cm³/mol. The molecular formula is C15H26N2O3S. The highest BCUT2D eigenvalue weighted by molar-refractivity contribution is 8.00. The molecule has 2 rings (SSSR count). The van der Waals surface area contributed by atoms with E-state index in [4.69, 9.17) is 5.11 Å². The quantitative estimate of drug-likeness (QED) is 0.818. The van der Waals surface area contributed by atoms with Gasteiger partial charge in [0, 0.05) is 30.3 Å². The Morgan fingerprint density at radius 3 is 2.86 bits per heavy atom. The Hall–Kier alpha value is -0.910. The molecule has 0 aromatic heterocycles. The highest BCUT2D eigenvalue weighted by Gasteiger charge is 2.32. The summed E-state index contributed by atoms with van der Waals surface area (Å²) in [6, 6.07) is 0.0673. The average Bonchev–Trinajstić information content (AvgIpc) is 2.90. The van der Waals surface area contributed by atoms with Gasteiger partial charge in [0.15, 0.2) is 0 Å². The first-order chi connectivity index (χ1) is 10.0. The molecule has 21 heavy (non-hydrogen) atoms. The fourth-order valence-electron chi connectivity index (χ4n) is 3.20. The largest absolute Gasteiger partial charge is 0.481 e. The molecule has 0 radical (unpaired) electrons. The van der Waals surface area contributed by atoms with Crippen molar-refractivity contribution in [2.75, 3.05) is 18.8 Å². The fraction of sp³-hybridized carbons (Fsp3) is 0.867. The standard InChI is InChI=1S/C15H26N2O3S/c1-15(8-4-10-21-15)11-16-14(20)17-9-3-2-5-12(17)6-7-13(18)19/h12H,2-11H2,1H3,(H,16,20)(H,18,19). The van der Waals surface area contributed by atoms with Gasteiger partial charge >= 0.3 is 12.0 Å². The monoisotopic (exact) mass is 314 g/mol. The lowest BCUT2D eigenvalue weighted by atomic mass is 9.98. The third-order valence-corrected chi connectivity index (χ3v) is 6.03. The van der Waals surface area contributed by atoms with Crippen molar-refractivity contribution in [3.8, 4) is 0 Å². The number of hydrogen-bond acceptors (Lipinski definition) is 3. The summed E-state index contributed by atoms with van der Waals surface area (Å²) in [5, 5.41) is 11.9. The van der Waals surface area contributed by atoms with Gasteiger partial charge in [-0.25, -0.2) is 4.79 Å². The van der Waals surface area contributed by atoms with Crippen LogP contribution in [-0.2, 0) is 4.79 Å². The zero-order valence-electron chi connectivity index (χ0n) is 12.8. The lowest BCUT2D eigenvalue weighted by Crippen LogP contribution is -2.51. The number of carboxylic acid groups (broad SMARTS) is 1. The van der Waals surface area contributed by atoms with Gasteiger partial charge in [0.25, 0.3) is 0 Å². The Morgan fingerprint density at radius 1 is 1.38 bits per heavy atom. The molecule has 2 saturated heterocycles. The first-order valence-electron chi connectivity index (χ1n) is 7.90. The summed E-state index contributed by atoms with van der Waals surface area (Å²) in [5.41, 5.74) is 0. The van der Waals surface area contributed by atoms with Crippen molar-refractivity contribution in [3.05, 3.63) is 0 Å². The van der Waals surface area contributed by atoms with E-state index in [2.05, 4.69) is 12.2 Å². The van der Waals surface area contributed by atoms with E-state index in [0.29, 0.717) is 13.0 Å². The predicted octanol–water partition coefficient (Wildman–Crippen LogP) is 2.70. The number of nitrogens with one attached hydrogen (secondary N) is 1. The highest BCUT2D eigenvalue weighted by Crippen LogP contribution is 2.37. The normalized spacial score (nSPS) is 29.4. The van der Waals surface area contributed by atoms with Crippen LogP contribution in [0.4, 0.5) is 4.79 Å². The summed E-state index contributed by atoms with van der Waals surface area (Å²) in [6.07, 6.45) is 6.11. The molecule has 2 atom stereocenters. The van der Waals surface area contributed by atoms with Gasteiger partial charge < -0.3 is 15.3 Å². The van der Waals surface area contributed by atoms with E-state index in [1.54, 1.807) is 0 Å². The van der Waals surface area contributed by atoms with E-state index in [9.17, 15) is 9.59 Å². The second-order valence-corrected chi connectivity index (χ2v) is 8.02. The molecule has 0 aliphatic carbocycles. The van der Waals surface area contributed by atoms with Crippen molar-refractivity contribution < 1.29 is 14.7 Å². The van der Waals surface area contributed by atoms with Gasteiger partial charge in [-0.05, 0) is 51.2 Å².